The maximum atomic E-state index is 6.09. The molecule has 1 aliphatic heterocycles. The first-order valence-corrected chi connectivity index (χ1v) is 10.7. The molecule has 0 bridgehead atoms. The first-order chi connectivity index (χ1) is 13.2. The van der Waals surface area contributed by atoms with Crippen LogP contribution in [0.15, 0.2) is 28.8 Å². The third-order valence-corrected chi connectivity index (χ3v) is 6.23. The van der Waals surface area contributed by atoms with E-state index in [0.717, 1.165) is 62.5 Å². The summed E-state index contributed by atoms with van der Waals surface area (Å²) in [5, 5.41) is 5.15. The maximum Gasteiger partial charge on any atom is 0.140 e. The van der Waals surface area contributed by atoms with Crippen molar-refractivity contribution in [2.75, 3.05) is 19.6 Å². The summed E-state index contributed by atoms with van der Waals surface area (Å²) in [6.45, 7) is 5.43. The van der Waals surface area contributed by atoms with Crippen LogP contribution in [0.25, 0.3) is 5.57 Å². The van der Waals surface area contributed by atoms with Gasteiger partial charge in [0.15, 0.2) is 0 Å². The number of halogens is 1. The fourth-order valence-electron chi connectivity index (χ4n) is 4.44. The number of aromatic nitrogens is 1. The van der Waals surface area contributed by atoms with Gasteiger partial charge in [-0.3, -0.25) is 4.90 Å². The van der Waals surface area contributed by atoms with E-state index in [1.165, 1.54) is 47.2 Å². The van der Waals surface area contributed by atoms with E-state index in [0.29, 0.717) is 0 Å². The number of benzene rings is 1. The Bertz CT molecular complexity index is 824. The Balaban J connectivity index is 1.30. The molecule has 0 saturated heterocycles. The Morgan fingerprint density at radius 1 is 1.15 bits per heavy atom. The molecule has 1 aromatic carbocycles. The van der Waals surface area contributed by atoms with Gasteiger partial charge in [0.25, 0.3) is 0 Å². The minimum absolute atomic E-state index is 0.819. The summed E-state index contributed by atoms with van der Waals surface area (Å²) in [7, 11) is 0. The lowest BCUT2D eigenvalue weighted by molar-refractivity contribution is 0.290. The Morgan fingerprint density at radius 3 is 2.85 bits per heavy atom. The van der Waals surface area contributed by atoms with Crippen LogP contribution < -0.4 is 0 Å². The third kappa shape index (κ3) is 4.47. The lowest BCUT2D eigenvalue weighted by atomic mass is 9.95. The molecule has 4 rings (SSSR count). The summed E-state index contributed by atoms with van der Waals surface area (Å²) < 4.78 is 5.67. The van der Waals surface area contributed by atoms with Crippen molar-refractivity contribution in [3.05, 3.63) is 57.4 Å². The number of hydrogen-bond acceptors (Lipinski definition) is 3. The summed E-state index contributed by atoms with van der Waals surface area (Å²) in [4.78, 5) is 2.55. The zero-order valence-electron chi connectivity index (χ0n) is 16.3. The zero-order chi connectivity index (χ0) is 18.6. The molecule has 0 radical (unpaired) electrons. The van der Waals surface area contributed by atoms with Crippen molar-refractivity contribution >= 4 is 17.2 Å². The molecule has 144 valence electrons. The van der Waals surface area contributed by atoms with Crippen LogP contribution in [0.3, 0.4) is 0 Å². The van der Waals surface area contributed by atoms with Crippen LogP contribution in [0, 0.1) is 6.92 Å². The standard InChI is InChI=1S/C23H29ClN2O/c1-17-16-19(24)9-10-20(17)18-11-14-26(15-12-18)13-5-8-23-21-6-3-2-4-7-22(21)25-27-23/h9-11,16H,2-8,12-15H2,1H3. The average molecular weight is 385 g/mol. The highest BCUT2D eigenvalue weighted by atomic mass is 35.5. The first kappa shape index (κ1) is 18.8. The zero-order valence-corrected chi connectivity index (χ0v) is 17.0. The fraction of sp³-hybridized carbons (Fsp3) is 0.522. The largest absolute Gasteiger partial charge is 0.361 e. The molecule has 3 nitrogen and oxygen atoms in total. The van der Waals surface area contributed by atoms with Crippen molar-refractivity contribution in [3.8, 4) is 0 Å². The number of fused-ring (bicyclic) bond motifs is 1. The van der Waals surface area contributed by atoms with Crippen molar-refractivity contribution in [2.24, 2.45) is 0 Å². The maximum absolute atomic E-state index is 6.09. The molecule has 1 aliphatic carbocycles. The second-order valence-electron chi connectivity index (χ2n) is 7.93. The predicted molar refractivity (Wildman–Crippen MR) is 111 cm³/mol. The molecule has 2 aliphatic rings. The van der Waals surface area contributed by atoms with E-state index in [1.807, 2.05) is 6.07 Å². The van der Waals surface area contributed by atoms with Gasteiger partial charge in [-0.25, -0.2) is 0 Å². The van der Waals surface area contributed by atoms with Gasteiger partial charge in [0, 0.05) is 30.1 Å². The Morgan fingerprint density at radius 2 is 2.04 bits per heavy atom. The van der Waals surface area contributed by atoms with Gasteiger partial charge in [0.1, 0.15) is 5.76 Å². The molecule has 0 atom stereocenters. The van der Waals surface area contributed by atoms with E-state index >= 15 is 0 Å². The van der Waals surface area contributed by atoms with Crippen LogP contribution in [0.1, 0.15) is 60.2 Å². The van der Waals surface area contributed by atoms with Gasteiger partial charge in [-0.2, -0.15) is 0 Å². The van der Waals surface area contributed by atoms with Gasteiger partial charge < -0.3 is 4.52 Å². The lowest BCUT2D eigenvalue weighted by Gasteiger charge is -2.27. The fourth-order valence-corrected chi connectivity index (χ4v) is 4.67. The van der Waals surface area contributed by atoms with Gasteiger partial charge in [-0.1, -0.05) is 35.3 Å². The quantitative estimate of drug-likeness (QED) is 0.626. The van der Waals surface area contributed by atoms with Gasteiger partial charge in [0.2, 0.25) is 0 Å². The number of rotatable bonds is 5. The SMILES string of the molecule is Cc1cc(Cl)ccc1C1=CCN(CCCc2onc3c2CCCCC3)CC1. The Kier molecular flexibility index (Phi) is 5.99. The molecule has 0 spiro atoms. The summed E-state index contributed by atoms with van der Waals surface area (Å²) in [6.07, 6.45) is 11.8. The van der Waals surface area contributed by atoms with Crippen molar-refractivity contribution in [1.82, 2.24) is 10.1 Å². The third-order valence-electron chi connectivity index (χ3n) is 6.00. The second-order valence-corrected chi connectivity index (χ2v) is 8.37. The highest BCUT2D eigenvalue weighted by molar-refractivity contribution is 6.30. The molecule has 0 unspecified atom stereocenters. The van der Waals surface area contributed by atoms with Crippen LogP contribution in [-0.4, -0.2) is 29.7 Å². The van der Waals surface area contributed by atoms with Gasteiger partial charge in [-0.05, 0) is 80.8 Å². The lowest BCUT2D eigenvalue weighted by Crippen LogP contribution is -2.29. The van der Waals surface area contributed by atoms with E-state index in [1.54, 1.807) is 0 Å². The molecule has 4 heteroatoms. The van der Waals surface area contributed by atoms with E-state index < -0.39 is 0 Å². The van der Waals surface area contributed by atoms with E-state index in [9.17, 15) is 0 Å². The summed E-state index contributed by atoms with van der Waals surface area (Å²) in [5.41, 5.74) is 6.73. The Hall–Kier alpha value is -1.58. The highest BCUT2D eigenvalue weighted by Crippen LogP contribution is 2.28. The number of hydrogen-bond donors (Lipinski definition) is 0. The average Bonchev–Trinajstić information content (AvgIpc) is 2.89. The Labute approximate surface area is 167 Å². The molecule has 27 heavy (non-hydrogen) atoms. The second kappa shape index (κ2) is 8.62. The molecule has 1 aromatic heterocycles. The molecular weight excluding hydrogens is 356 g/mol. The van der Waals surface area contributed by atoms with Gasteiger partial charge in [0.05, 0.1) is 5.69 Å². The smallest absolute Gasteiger partial charge is 0.140 e. The summed E-state index contributed by atoms with van der Waals surface area (Å²) in [6, 6.07) is 6.22. The van der Waals surface area contributed by atoms with Crippen molar-refractivity contribution < 1.29 is 4.52 Å². The molecule has 0 saturated carbocycles. The summed E-state index contributed by atoms with van der Waals surface area (Å²) in [5.74, 6) is 1.15. The van der Waals surface area contributed by atoms with E-state index in [4.69, 9.17) is 16.1 Å². The predicted octanol–water partition coefficient (Wildman–Crippen LogP) is 5.63. The first-order valence-electron chi connectivity index (χ1n) is 10.3. The van der Waals surface area contributed by atoms with Crippen LogP contribution in [0.4, 0.5) is 0 Å². The monoisotopic (exact) mass is 384 g/mol. The van der Waals surface area contributed by atoms with Gasteiger partial charge >= 0.3 is 0 Å². The molecule has 0 fully saturated rings. The number of nitrogens with zero attached hydrogens (tertiary/aromatic N) is 2. The van der Waals surface area contributed by atoms with Crippen molar-refractivity contribution in [3.63, 3.8) is 0 Å². The molecule has 0 amide bonds. The van der Waals surface area contributed by atoms with E-state index in [-0.39, 0.29) is 0 Å². The minimum Gasteiger partial charge on any atom is -0.361 e. The highest BCUT2D eigenvalue weighted by Gasteiger charge is 2.19. The normalized spacial score (nSPS) is 18.1. The molecule has 2 heterocycles. The summed E-state index contributed by atoms with van der Waals surface area (Å²) >= 11 is 6.09. The molecule has 2 aromatic rings. The van der Waals surface area contributed by atoms with Crippen molar-refractivity contribution in [2.45, 2.75) is 58.3 Å². The van der Waals surface area contributed by atoms with Gasteiger partial charge in [-0.15, -0.1) is 0 Å². The van der Waals surface area contributed by atoms with Crippen molar-refractivity contribution in [1.29, 1.82) is 0 Å². The topological polar surface area (TPSA) is 29.3 Å². The molecule has 0 N–H and O–H groups in total. The van der Waals surface area contributed by atoms with E-state index in [2.05, 4.69) is 35.2 Å². The van der Waals surface area contributed by atoms with Crippen LogP contribution in [-0.2, 0) is 19.3 Å². The number of aryl methyl sites for hydroxylation is 3. The minimum atomic E-state index is 0.819. The molecular formula is C23H29ClN2O. The van der Waals surface area contributed by atoms with Crippen LogP contribution >= 0.6 is 11.6 Å². The van der Waals surface area contributed by atoms with Crippen LogP contribution in [0.2, 0.25) is 5.02 Å². The van der Waals surface area contributed by atoms with Crippen LogP contribution in [0.5, 0.6) is 0 Å².